The molecular weight excluding hydrogens is 640 g/mol. The molecule has 1 aromatic rings. The van der Waals surface area contributed by atoms with Crippen LogP contribution in [0.3, 0.4) is 0 Å². The second-order valence-corrected chi connectivity index (χ2v) is 12.5. The fourth-order valence-corrected chi connectivity index (χ4v) is 7.15. The van der Waals surface area contributed by atoms with Crippen LogP contribution in [0.2, 0.25) is 0 Å². The molecule has 220 valence electrons. The van der Waals surface area contributed by atoms with Crippen molar-refractivity contribution < 1.29 is 21.9 Å². The number of ether oxygens (including phenoxy) is 1. The average Bonchev–Trinajstić information content (AvgIpc) is 2.90. The number of nitrogens with zero attached hydrogens (tertiary/aromatic N) is 4. The van der Waals surface area contributed by atoms with Crippen LogP contribution in [-0.4, -0.2) is 75.8 Å². The lowest BCUT2D eigenvalue weighted by molar-refractivity contribution is -0.272. The van der Waals surface area contributed by atoms with Crippen LogP contribution in [-0.2, 0) is 21.9 Å². The molecule has 1 aliphatic heterocycles. The van der Waals surface area contributed by atoms with Crippen LogP contribution in [0.5, 0.6) is 0 Å². The van der Waals surface area contributed by atoms with Crippen molar-refractivity contribution in [2.45, 2.75) is 96.2 Å². The number of morpholine rings is 1. The molecule has 1 saturated heterocycles. The van der Waals surface area contributed by atoms with Crippen LogP contribution in [0.25, 0.3) is 0 Å². The largest absolute Gasteiger partial charge is 0.344 e. The quantitative estimate of drug-likeness (QED) is 0.101. The van der Waals surface area contributed by atoms with E-state index >= 15 is 0 Å². The summed E-state index contributed by atoms with van der Waals surface area (Å²) in [7, 11) is -1.52. The van der Waals surface area contributed by atoms with E-state index in [4.69, 9.17) is 27.2 Å². The zero-order chi connectivity index (χ0) is 28.4. The SMILES string of the molecule is CC(C)N(C(C)C)P(OCCC#N)OC[C@@]1(COOI)CN(C2CCCCC2)C[C@H](n2ccc(=O)[nH]c2=O)O1. The summed E-state index contributed by atoms with van der Waals surface area (Å²) >= 11 is 1.67. The smallest absolute Gasteiger partial charge is 0.330 e. The average molecular weight is 682 g/mol. The van der Waals surface area contributed by atoms with Crippen molar-refractivity contribution in [1.29, 1.82) is 5.26 Å². The number of hydrogen-bond donors (Lipinski definition) is 1. The van der Waals surface area contributed by atoms with Gasteiger partial charge in [-0.1, -0.05) is 19.3 Å². The summed E-state index contributed by atoms with van der Waals surface area (Å²) in [6.45, 7) is 9.73. The lowest BCUT2D eigenvalue weighted by atomic mass is 9.92. The van der Waals surface area contributed by atoms with Crippen molar-refractivity contribution in [2.24, 2.45) is 0 Å². The molecule has 12 nitrogen and oxygen atoms in total. The highest BCUT2D eigenvalue weighted by Gasteiger charge is 2.46. The molecule has 2 heterocycles. The van der Waals surface area contributed by atoms with Gasteiger partial charge in [0.2, 0.25) is 0 Å². The minimum Gasteiger partial charge on any atom is -0.344 e. The summed E-state index contributed by atoms with van der Waals surface area (Å²) in [5.41, 5.74) is -2.00. The molecule has 0 radical (unpaired) electrons. The number of aromatic amines is 1. The van der Waals surface area contributed by atoms with E-state index in [1.54, 1.807) is 23.0 Å². The Hall–Kier alpha value is -0.950. The van der Waals surface area contributed by atoms with Crippen LogP contribution in [0.1, 0.15) is 72.4 Å². The zero-order valence-corrected chi connectivity index (χ0v) is 26.3. The van der Waals surface area contributed by atoms with Crippen LogP contribution in [0.15, 0.2) is 21.9 Å². The number of H-pyrrole nitrogens is 1. The Morgan fingerprint density at radius 2 is 1.92 bits per heavy atom. The normalized spacial score (nSPS) is 23.9. The molecule has 39 heavy (non-hydrogen) atoms. The van der Waals surface area contributed by atoms with Gasteiger partial charge in [0.15, 0.2) is 29.2 Å². The van der Waals surface area contributed by atoms with Crippen LogP contribution in [0.4, 0.5) is 0 Å². The molecule has 2 aliphatic rings. The Balaban J connectivity index is 1.94. The van der Waals surface area contributed by atoms with E-state index in [1.165, 1.54) is 23.3 Å². The molecular formula is C25H41IN5O7P. The Morgan fingerprint density at radius 1 is 1.21 bits per heavy atom. The maximum Gasteiger partial charge on any atom is 0.330 e. The molecule has 3 rings (SSSR count). The molecule has 1 unspecified atom stereocenters. The molecule has 1 N–H and O–H groups in total. The third kappa shape index (κ3) is 9.28. The third-order valence-corrected chi connectivity index (χ3v) is 9.30. The van der Waals surface area contributed by atoms with E-state index in [2.05, 4.69) is 48.3 Å². The number of nitriles is 1. The summed E-state index contributed by atoms with van der Waals surface area (Å²) < 4.78 is 27.8. The number of nitrogens with one attached hydrogen (secondary N) is 1. The Kier molecular flexibility index (Phi) is 13.3. The highest BCUT2D eigenvalue weighted by molar-refractivity contribution is 14.1. The van der Waals surface area contributed by atoms with Gasteiger partial charge < -0.3 is 13.8 Å². The fraction of sp³-hybridized carbons (Fsp3) is 0.800. The van der Waals surface area contributed by atoms with E-state index in [0.717, 1.165) is 25.7 Å². The van der Waals surface area contributed by atoms with Gasteiger partial charge >= 0.3 is 5.69 Å². The van der Waals surface area contributed by atoms with Crippen molar-refractivity contribution in [3.05, 3.63) is 33.1 Å². The first-order valence-electron chi connectivity index (χ1n) is 13.5. The predicted octanol–water partition coefficient (Wildman–Crippen LogP) is 4.03. The first kappa shape index (κ1) is 32.6. The van der Waals surface area contributed by atoms with Gasteiger partial charge in [-0.3, -0.25) is 19.2 Å². The number of halogens is 1. The monoisotopic (exact) mass is 681 g/mol. The number of aromatic nitrogens is 2. The van der Waals surface area contributed by atoms with Crippen molar-refractivity contribution in [1.82, 2.24) is 19.1 Å². The molecule has 2 fully saturated rings. The molecule has 14 heteroatoms. The second kappa shape index (κ2) is 15.9. The van der Waals surface area contributed by atoms with E-state index in [9.17, 15) is 9.59 Å². The summed E-state index contributed by atoms with van der Waals surface area (Å²) in [5, 5.41) is 9.05. The van der Waals surface area contributed by atoms with E-state index < -0.39 is 31.6 Å². The summed E-state index contributed by atoms with van der Waals surface area (Å²) in [4.78, 5) is 34.7. The lowest BCUT2D eigenvalue weighted by Crippen LogP contribution is -2.61. The zero-order valence-electron chi connectivity index (χ0n) is 23.2. The van der Waals surface area contributed by atoms with Gasteiger partial charge in [0, 0.05) is 43.5 Å². The summed E-state index contributed by atoms with van der Waals surface area (Å²) in [6, 6.07) is 4.05. The standard InChI is InChI=1S/C25H41IN5O7P/c1-19(2)31(20(3)4)39(35-14-8-12-27)36-18-25(17-34-38-26)16-29(21-9-6-5-7-10-21)15-23(37-25)30-13-11-22(32)28-24(30)33/h11,13,19-21,23H,5-10,14-18H2,1-4H3,(H,28,32,33)/t23-,25+,39?/m1/s1. The van der Waals surface area contributed by atoms with Gasteiger partial charge in [-0.25, -0.2) is 14.4 Å². The van der Waals surface area contributed by atoms with Gasteiger partial charge in [0.05, 0.1) is 25.7 Å². The molecule has 0 aromatic carbocycles. The summed E-state index contributed by atoms with van der Waals surface area (Å²) in [5.74, 6) is 0. The lowest BCUT2D eigenvalue weighted by Gasteiger charge is -2.49. The molecule has 1 aliphatic carbocycles. The minimum absolute atomic E-state index is 0.0541. The molecule has 0 spiro atoms. The highest BCUT2D eigenvalue weighted by Crippen LogP contribution is 2.47. The Morgan fingerprint density at radius 3 is 2.54 bits per heavy atom. The Labute approximate surface area is 245 Å². The van der Waals surface area contributed by atoms with Crippen LogP contribution >= 0.6 is 31.5 Å². The van der Waals surface area contributed by atoms with E-state index in [0.29, 0.717) is 19.1 Å². The van der Waals surface area contributed by atoms with Gasteiger partial charge in [0.1, 0.15) is 12.2 Å². The van der Waals surface area contributed by atoms with E-state index in [-0.39, 0.29) is 38.3 Å². The highest BCUT2D eigenvalue weighted by atomic mass is 127. The van der Waals surface area contributed by atoms with Gasteiger partial charge in [0.25, 0.3) is 14.1 Å². The van der Waals surface area contributed by atoms with Crippen molar-refractivity contribution in [3.63, 3.8) is 0 Å². The minimum atomic E-state index is -1.52. The second-order valence-electron chi connectivity index (χ2n) is 10.6. The van der Waals surface area contributed by atoms with Crippen LogP contribution < -0.4 is 11.2 Å². The van der Waals surface area contributed by atoms with Crippen LogP contribution in [0, 0.1) is 11.3 Å². The first-order chi connectivity index (χ1) is 18.7. The Bertz CT molecular complexity index is 1040. The van der Waals surface area contributed by atoms with Crippen molar-refractivity contribution in [2.75, 3.05) is 32.9 Å². The molecule has 3 atom stereocenters. The topological polar surface area (TPSA) is 131 Å². The molecule has 1 saturated carbocycles. The number of rotatable bonds is 14. The third-order valence-electron chi connectivity index (χ3n) is 6.99. The maximum atomic E-state index is 12.8. The first-order valence-corrected chi connectivity index (χ1v) is 15.6. The van der Waals surface area contributed by atoms with Gasteiger partial charge in [-0.05, 0) is 40.5 Å². The van der Waals surface area contributed by atoms with Gasteiger partial charge in [-0.2, -0.15) is 8.48 Å². The molecule has 0 amide bonds. The van der Waals surface area contributed by atoms with Crippen molar-refractivity contribution >= 4 is 31.5 Å². The maximum absolute atomic E-state index is 12.8. The van der Waals surface area contributed by atoms with Crippen molar-refractivity contribution in [3.8, 4) is 6.07 Å². The molecule has 1 aromatic heterocycles. The fourth-order valence-electron chi connectivity index (χ4n) is 5.34. The van der Waals surface area contributed by atoms with Gasteiger partial charge in [-0.15, -0.1) is 0 Å². The number of hydrogen-bond acceptors (Lipinski definition) is 10. The molecule has 0 bridgehead atoms. The predicted molar refractivity (Wildman–Crippen MR) is 155 cm³/mol. The summed E-state index contributed by atoms with van der Waals surface area (Å²) in [6.07, 6.45) is 6.69. The van der Waals surface area contributed by atoms with E-state index in [1.807, 2.05) is 0 Å².